The van der Waals surface area contributed by atoms with Crippen molar-refractivity contribution < 1.29 is 0 Å². The van der Waals surface area contributed by atoms with Crippen LogP contribution in [0.5, 0.6) is 0 Å². The Morgan fingerprint density at radius 2 is 1.85 bits per heavy atom. The number of nitrogens with zero attached hydrogens (tertiary/aromatic N) is 5. The van der Waals surface area contributed by atoms with Gasteiger partial charge in [0.05, 0.1) is 5.39 Å². The van der Waals surface area contributed by atoms with E-state index in [2.05, 4.69) is 59.6 Å². The summed E-state index contributed by atoms with van der Waals surface area (Å²) < 4.78 is 3.01. The molecule has 0 spiro atoms. The highest BCUT2D eigenvalue weighted by molar-refractivity contribution is 9.10. The molecule has 26 heavy (non-hydrogen) atoms. The summed E-state index contributed by atoms with van der Waals surface area (Å²) in [4.78, 5) is 17.6. The summed E-state index contributed by atoms with van der Waals surface area (Å²) in [5, 5.41) is 4.44. The lowest BCUT2D eigenvalue weighted by Crippen LogP contribution is -2.04. The molecule has 4 aromatic rings. The maximum atomic E-state index is 4.53. The quantitative estimate of drug-likeness (QED) is 0.547. The molecule has 0 fully saturated rings. The Morgan fingerprint density at radius 3 is 2.58 bits per heavy atom. The van der Waals surface area contributed by atoms with Crippen LogP contribution in [0, 0.1) is 13.8 Å². The van der Waals surface area contributed by atoms with E-state index >= 15 is 0 Å². The van der Waals surface area contributed by atoms with Crippen LogP contribution in [0.2, 0.25) is 0 Å². The first-order chi connectivity index (χ1) is 12.6. The fraction of sp³-hybridized carbons (Fsp3) is 0.158. The monoisotopic (exact) mass is 408 g/mol. The first-order valence-corrected chi connectivity index (χ1v) is 9.02. The lowest BCUT2D eigenvalue weighted by Gasteiger charge is -2.08. The molecule has 130 valence electrons. The maximum absolute atomic E-state index is 4.53. The number of nitrogens with one attached hydrogen (secondary N) is 1. The van der Waals surface area contributed by atoms with Gasteiger partial charge >= 0.3 is 0 Å². The molecule has 4 aromatic heterocycles. The smallest absolute Gasteiger partial charge is 0.151 e. The SMILES string of the molecule is Cc1c(C)n(-c2ccc(Br)cn2)c2ncnc(NCc3ccncc3)c12. The zero-order valence-electron chi connectivity index (χ0n) is 14.4. The number of aryl methyl sites for hydroxylation is 1. The van der Waals surface area contributed by atoms with E-state index in [0.717, 1.165) is 44.0 Å². The number of halogens is 1. The van der Waals surface area contributed by atoms with Gasteiger partial charge in [0.1, 0.15) is 18.0 Å². The molecule has 0 atom stereocenters. The Morgan fingerprint density at radius 1 is 1.04 bits per heavy atom. The molecular formula is C19H17BrN6. The Kier molecular flexibility index (Phi) is 4.38. The van der Waals surface area contributed by atoms with Crippen molar-refractivity contribution in [1.82, 2.24) is 24.5 Å². The van der Waals surface area contributed by atoms with Gasteiger partial charge in [-0.15, -0.1) is 0 Å². The van der Waals surface area contributed by atoms with Crippen molar-refractivity contribution in [2.45, 2.75) is 20.4 Å². The van der Waals surface area contributed by atoms with Gasteiger partial charge in [-0.05, 0) is 65.2 Å². The summed E-state index contributed by atoms with van der Waals surface area (Å²) in [6.45, 7) is 4.84. The molecule has 0 bridgehead atoms. The van der Waals surface area contributed by atoms with E-state index in [0.29, 0.717) is 6.54 Å². The standard InChI is InChI=1S/C19H17BrN6/c1-12-13(2)26(16-4-3-15(20)10-22-16)19-17(12)18(24-11-25-19)23-9-14-5-7-21-8-6-14/h3-8,10-11H,9H2,1-2H3,(H,23,24,25). The Bertz CT molecular complexity index is 1060. The van der Waals surface area contributed by atoms with Crippen molar-refractivity contribution in [1.29, 1.82) is 0 Å². The van der Waals surface area contributed by atoms with E-state index in [1.807, 2.05) is 24.3 Å². The van der Waals surface area contributed by atoms with Crippen LogP contribution in [0.3, 0.4) is 0 Å². The lowest BCUT2D eigenvalue weighted by atomic mass is 10.2. The van der Waals surface area contributed by atoms with Crippen LogP contribution in [-0.2, 0) is 6.54 Å². The highest BCUT2D eigenvalue weighted by Crippen LogP contribution is 2.31. The molecule has 6 nitrogen and oxygen atoms in total. The number of anilines is 1. The van der Waals surface area contributed by atoms with Gasteiger partial charge in [-0.1, -0.05) is 0 Å². The predicted octanol–water partition coefficient (Wildman–Crippen LogP) is 4.20. The van der Waals surface area contributed by atoms with Crippen molar-refractivity contribution >= 4 is 32.8 Å². The number of fused-ring (bicyclic) bond motifs is 1. The minimum Gasteiger partial charge on any atom is -0.365 e. The Hall–Kier alpha value is -2.80. The summed E-state index contributed by atoms with van der Waals surface area (Å²) >= 11 is 3.43. The Labute approximate surface area is 159 Å². The molecule has 0 aliphatic rings. The molecule has 0 radical (unpaired) electrons. The third-order valence-electron chi connectivity index (χ3n) is 4.44. The average Bonchev–Trinajstić information content (AvgIpc) is 2.93. The number of rotatable bonds is 4. The molecule has 0 aliphatic heterocycles. The molecule has 0 amide bonds. The molecular weight excluding hydrogens is 392 g/mol. The minimum atomic E-state index is 0.675. The molecule has 4 rings (SSSR count). The summed E-state index contributed by atoms with van der Waals surface area (Å²) in [5.74, 6) is 1.66. The van der Waals surface area contributed by atoms with Crippen LogP contribution in [0.25, 0.3) is 16.9 Å². The maximum Gasteiger partial charge on any atom is 0.151 e. The summed E-state index contributed by atoms with van der Waals surface area (Å²) in [5.41, 5.74) is 4.24. The fourth-order valence-electron chi connectivity index (χ4n) is 3.00. The number of hydrogen-bond donors (Lipinski definition) is 1. The second-order valence-electron chi connectivity index (χ2n) is 6.01. The van der Waals surface area contributed by atoms with Crippen LogP contribution < -0.4 is 5.32 Å². The van der Waals surface area contributed by atoms with Crippen LogP contribution in [0.15, 0.2) is 53.7 Å². The molecule has 0 unspecified atom stereocenters. The second-order valence-corrected chi connectivity index (χ2v) is 6.93. The van der Waals surface area contributed by atoms with Gasteiger partial charge in [-0.2, -0.15) is 0 Å². The van der Waals surface area contributed by atoms with Gasteiger partial charge in [0.2, 0.25) is 0 Å². The van der Waals surface area contributed by atoms with Crippen LogP contribution in [0.1, 0.15) is 16.8 Å². The van der Waals surface area contributed by atoms with Crippen LogP contribution in [-0.4, -0.2) is 24.5 Å². The third-order valence-corrected chi connectivity index (χ3v) is 4.91. The van der Waals surface area contributed by atoms with E-state index in [1.165, 1.54) is 0 Å². The topological polar surface area (TPSA) is 68.5 Å². The zero-order chi connectivity index (χ0) is 18.1. The largest absolute Gasteiger partial charge is 0.365 e. The van der Waals surface area contributed by atoms with Gasteiger partial charge in [-0.25, -0.2) is 15.0 Å². The second kappa shape index (κ2) is 6.84. The molecule has 0 saturated heterocycles. The van der Waals surface area contributed by atoms with E-state index in [9.17, 15) is 0 Å². The summed E-state index contributed by atoms with van der Waals surface area (Å²) in [6, 6.07) is 7.93. The molecule has 0 saturated carbocycles. The first kappa shape index (κ1) is 16.7. The van der Waals surface area contributed by atoms with E-state index in [-0.39, 0.29) is 0 Å². The summed E-state index contributed by atoms with van der Waals surface area (Å²) in [6.07, 6.45) is 6.96. The normalized spacial score (nSPS) is 11.0. The van der Waals surface area contributed by atoms with Gasteiger partial charge < -0.3 is 5.32 Å². The van der Waals surface area contributed by atoms with E-state index in [1.54, 1.807) is 24.9 Å². The van der Waals surface area contributed by atoms with Crippen molar-refractivity contribution in [2.24, 2.45) is 0 Å². The van der Waals surface area contributed by atoms with Crippen molar-refractivity contribution in [3.63, 3.8) is 0 Å². The predicted molar refractivity (Wildman–Crippen MR) is 105 cm³/mol. The van der Waals surface area contributed by atoms with E-state index in [4.69, 9.17) is 0 Å². The number of pyridine rings is 2. The van der Waals surface area contributed by atoms with Crippen molar-refractivity contribution in [3.05, 3.63) is 70.5 Å². The molecule has 0 aliphatic carbocycles. The Balaban J connectivity index is 1.79. The van der Waals surface area contributed by atoms with Crippen LogP contribution in [0.4, 0.5) is 5.82 Å². The highest BCUT2D eigenvalue weighted by Gasteiger charge is 2.18. The molecule has 7 heteroatoms. The van der Waals surface area contributed by atoms with Gasteiger partial charge in [0.25, 0.3) is 0 Å². The third kappa shape index (κ3) is 2.94. The lowest BCUT2D eigenvalue weighted by molar-refractivity contribution is 0.963. The van der Waals surface area contributed by atoms with Crippen molar-refractivity contribution in [2.75, 3.05) is 5.32 Å². The van der Waals surface area contributed by atoms with Crippen LogP contribution >= 0.6 is 15.9 Å². The highest BCUT2D eigenvalue weighted by atomic mass is 79.9. The van der Waals surface area contributed by atoms with Gasteiger partial charge in [-0.3, -0.25) is 9.55 Å². The van der Waals surface area contributed by atoms with Gasteiger partial charge in [0, 0.05) is 35.3 Å². The van der Waals surface area contributed by atoms with E-state index < -0.39 is 0 Å². The summed E-state index contributed by atoms with van der Waals surface area (Å²) in [7, 11) is 0. The molecule has 1 N–H and O–H groups in total. The molecule has 4 heterocycles. The number of aromatic nitrogens is 5. The minimum absolute atomic E-state index is 0.675. The average molecular weight is 409 g/mol. The van der Waals surface area contributed by atoms with Gasteiger partial charge in [0.15, 0.2) is 5.65 Å². The fourth-order valence-corrected chi connectivity index (χ4v) is 3.23. The number of hydrogen-bond acceptors (Lipinski definition) is 5. The van der Waals surface area contributed by atoms with Crippen molar-refractivity contribution in [3.8, 4) is 5.82 Å². The zero-order valence-corrected chi connectivity index (χ0v) is 16.0. The molecule has 0 aromatic carbocycles. The first-order valence-electron chi connectivity index (χ1n) is 8.22.